The molecule has 3 aromatic rings. The van der Waals surface area contributed by atoms with Crippen molar-refractivity contribution in [1.29, 1.82) is 0 Å². The van der Waals surface area contributed by atoms with Gasteiger partial charge in [-0.1, -0.05) is 44.2 Å². The van der Waals surface area contributed by atoms with Crippen LogP contribution in [0.25, 0.3) is 11.0 Å². The van der Waals surface area contributed by atoms with E-state index >= 15 is 8.78 Å². The lowest BCUT2D eigenvalue weighted by atomic mass is 9.83. The molecule has 0 spiro atoms. The van der Waals surface area contributed by atoms with Gasteiger partial charge in [0.05, 0.1) is 5.39 Å². The molecular formula is C35H45F2N5OS. The van der Waals surface area contributed by atoms with Crippen LogP contribution in [-0.2, 0) is 12.5 Å². The van der Waals surface area contributed by atoms with E-state index in [4.69, 9.17) is 0 Å². The number of anilines is 1. The second kappa shape index (κ2) is 12.9. The Morgan fingerprint density at radius 2 is 1.77 bits per heavy atom. The number of aromatic nitrogens is 3. The summed E-state index contributed by atoms with van der Waals surface area (Å²) in [4.78, 5) is 25.5. The Balaban J connectivity index is 1.42. The molecule has 6 nitrogen and oxygen atoms in total. The van der Waals surface area contributed by atoms with Gasteiger partial charge in [-0.25, -0.2) is 18.7 Å². The van der Waals surface area contributed by atoms with Gasteiger partial charge in [0.1, 0.15) is 17.8 Å². The fourth-order valence-electron chi connectivity index (χ4n) is 7.21. The number of fused-ring (bicyclic) bond motifs is 8. The lowest BCUT2D eigenvalue weighted by Crippen LogP contribution is -2.43. The normalized spacial score (nSPS) is 27.0. The summed E-state index contributed by atoms with van der Waals surface area (Å²) in [6.07, 6.45) is 10.4. The van der Waals surface area contributed by atoms with Crippen molar-refractivity contribution < 1.29 is 8.78 Å². The third kappa shape index (κ3) is 6.59. The quantitative estimate of drug-likeness (QED) is 0.280. The van der Waals surface area contributed by atoms with Crippen LogP contribution < -0.4 is 10.9 Å². The highest BCUT2D eigenvalue weighted by atomic mass is 32.2. The predicted octanol–water partition coefficient (Wildman–Crippen LogP) is 7.76. The van der Waals surface area contributed by atoms with Crippen LogP contribution in [0.3, 0.4) is 0 Å². The van der Waals surface area contributed by atoms with Gasteiger partial charge in [0.25, 0.3) is 11.5 Å². The minimum atomic E-state index is -2.90. The second-order valence-electron chi connectivity index (χ2n) is 13.7. The number of thioether (sulfide) groups is 1. The minimum absolute atomic E-state index is 0.0192. The summed E-state index contributed by atoms with van der Waals surface area (Å²) in [6.45, 7) is 9.26. The minimum Gasteiger partial charge on any atom is -0.363 e. The molecule has 0 saturated carbocycles. The second-order valence-corrected chi connectivity index (χ2v) is 14.9. The summed E-state index contributed by atoms with van der Waals surface area (Å²) in [5.74, 6) is -0.645. The molecule has 1 aromatic carbocycles. The first kappa shape index (κ1) is 31.2. The van der Waals surface area contributed by atoms with Crippen LogP contribution in [0.1, 0.15) is 87.9 Å². The lowest BCUT2D eigenvalue weighted by molar-refractivity contribution is -0.0872. The summed E-state index contributed by atoms with van der Waals surface area (Å²) in [7, 11) is 0. The molecule has 1 atom stereocenters. The number of hydrogen-bond donors (Lipinski definition) is 1. The molecule has 236 valence electrons. The number of piperidine rings is 1. The van der Waals surface area contributed by atoms with E-state index in [0.29, 0.717) is 43.9 Å². The molecule has 2 fully saturated rings. The van der Waals surface area contributed by atoms with E-state index in [1.807, 2.05) is 35.4 Å². The summed E-state index contributed by atoms with van der Waals surface area (Å²) in [5, 5.41) is 4.30. The maximum atomic E-state index is 16.0. The number of pyridine rings is 1. The van der Waals surface area contributed by atoms with Crippen LogP contribution in [0, 0.1) is 11.3 Å². The smallest absolute Gasteiger partial charge is 0.276 e. The van der Waals surface area contributed by atoms with Crippen molar-refractivity contribution in [3.63, 3.8) is 0 Å². The number of hydrogen-bond acceptors (Lipinski definition) is 6. The molecule has 0 unspecified atom stereocenters. The maximum Gasteiger partial charge on any atom is 0.276 e. The van der Waals surface area contributed by atoms with Gasteiger partial charge in [-0.15, -0.1) is 0 Å². The van der Waals surface area contributed by atoms with Crippen molar-refractivity contribution in [3.8, 4) is 0 Å². The molecule has 7 rings (SSSR count). The molecule has 1 N–H and O–H groups in total. The fourth-order valence-corrected chi connectivity index (χ4v) is 8.32. The van der Waals surface area contributed by atoms with Gasteiger partial charge < -0.3 is 10.2 Å². The molecule has 2 aromatic heterocycles. The van der Waals surface area contributed by atoms with Crippen LogP contribution in [0.5, 0.6) is 0 Å². The van der Waals surface area contributed by atoms with Crippen molar-refractivity contribution in [3.05, 3.63) is 75.9 Å². The molecule has 8 bridgehead atoms. The number of allylic oxidation sites excluding steroid dienone is 2. The first-order valence-corrected chi connectivity index (χ1v) is 17.4. The number of alkyl halides is 2. The number of aryl methyl sites for hydroxylation is 1. The van der Waals surface area contributed by atoms with Gasteiger partial charge in [-0.05, 0) is 99.1 Å². The molecule has 9 heteroatoms. The number of nitrogens with one attached hydrogen (secondary N) is 1. The highest BCUT2D eigenvalue weighted by Crippen LogP contribution is 2.43. The fraction of sp³-hybridized carbons (Fsp3) is 0.571. The van der Waals surface area contributed by atoms with E-state index < -0.39 is 11.8 Å². The Hall–Kier alpha value is -2.78. The highest BCUT2D eigenvalue weighted by Gasteiger charge is 2.43. The number of rotatable bonds is 1. The van der Waals surface area contributed by atoms with E-state index in [1.54, 1.807) is 18.2 Å². The molecule has 44 heavy (non-hydrogen) atoms. The molecule has 4 aliphatic heterocycles. The van der Waals surface area contributed by atoms with Crippen molar-refractivity contribution in [2.24, 2.45) is 11.3 Å². The third-order valence-electron chi connectivity index (χ3n) is 9.80. The number of benzene rings is 1. The van der Waals surface area contributed by atoms with E-state index in [2.05, 4.69) is 46.2 Å². The molecule has 4 aliphatic rings. The molecule has 0 aliphatic carbocycles. The van der Waals surface area contributed by atoms with Crippen LogP contribution in [0.15, 0.2) is 53.6 Å². The van der Waals surface area contributed by atoms with E-state index in [0.717, 1.165) is 60.2 Å². The average molecular weight is 622 g/mol. The summed E-state index contributed by atoms with van der Waals surface area (Å²) < 4.78 is 33.7. The highest BCUT2D eigenvalue weighted by molar-refractivity contribution is 7.99. The monoisotopic (exact) mass is 621 g/mol. The molecule has 6 heterocycles. The van der Waals surface area contributed by atoms with Gasteiger partial charge in [-0.2, -0.15) is 11.8 Å². The van der Waals surface area contributed by atoms with E-state index in [1.165, 1.54) is 6.33 Å². The standard InChI is InChI=1S/C35H45F2N5OS/c1-24-26-8-7-9-28(20-26)35(36,37)27-10-16-41(17-11-27)22-34(2,3)14-5-4-6-15-42-32-30(31(40-24)38-23-39-32)21-29(33(42)43)25-12-18-44-19-13-25/h4-5,7-9,20-21,23-25,27H,6,10-19,22H2,1-3H3,(H,38,39,40)/b5-4-/t24-/m1/s1. The summed E-state index contributed by atoms with van der Waals surface area (Å²) in [6, 6.07) is 8.58. The zero-order chi connectivity index (χ0) is 30.9. The first-order chi connectivity index (χ1) is 21.1. The van der Waals surface area contributed by atoms with Gasteiger partial charge >= 0.3 is 0 Å². The van der Waals surface area contributed by atoms with Gasteiger partial charge in [0.15, 0.2) is 0 Å². The Labute approximate surface area is 263 Å². The average Bonchev–Trinajstić information content (AvgIpc) is 3.02. The SMILES string of the molecule is C[C@H]1Nc2ncnc3c2cc(C2CCSCC2)c(=O)n3CC/C=C\CC(C)(C)CN2CCC(CC2)C(F)(F)c2cccc1c2. The Kier molecular flexibility index (Phi) is 9.16. The predicted molar refractivity (Wildman–Crippen MR) is 177 cm³/mol. The molecule has 2 saturated heterocycles. The zero-order valence-electron chi connectivity index (χ0n) is 26.2. The van der Waals surface area contributed by atoms with Crippen molar-refractivity contribution in [2.75, 3.05) is 36.5 Å². The number of nitrogens with zero attached hydrogens (tertiary/aromatic N) is 4. The zero-order valence-corrected chi connectivity index (χ0v) is 27.0. The molecule has 0 radical (unpaired) electrons. The number of halogens is 2. The van der Waals surface area contributed by atoms with Crippen LogP contribution in [-0.4, -0.2) is 50.6 Å². The Morgan fingerprint density at radius 1 is 1.00 bits per heavy atom. The van der Waals surface area contributed by atoms with Gasteiger partial charge in [-0.3, -0.25) is 9.36 Å². The molecular weight excluding hydrogens is 576 g/mol. The Bertz CT molecular complexity index is 1560. The first-order valence-electron chi connectivity index (χ1n) is 16.2. The van der Waals surface area contributed by atoms with Gasteiger partial charge in [0, 0.05) is 36.2 Å². The van der Waals surface area contributed by atoms with Crippen LogP contribution >= 0.6 is 11.8 Å². The van der Waals surface area contributed by atoms with Crippen molar-refractivity contribution in [1.82, 2.24) is 19.4 Å². The van der Waals surface area contributed by atoms with E-state index in [-0.39, 0.29) is 28.5 Å². The summed E-state index contributed by atoms with van der Waals surface area (Å²) in [5.41, 5.74) is 2.36. The van der Waals surface area contributed by atoms with Crippen molar-refractivity contribution in [2.45, 2.75) is 83.7 Å². The van der Waals surface area contributed by atoms with E-state index in [9.17, 15) is 4.79 Å². The topological polar surface area (TPSA) is 63.1 Å². The van der Waals surface area contributed by atoms with Crippen molar-refractivity contribution >= 4 is 28.6 Å². The van der Waals surface area contributed by atoms with Crippen LogP contribution in [0.4, 0.5) is 14.6 Å². The van der Waals surface area contributed by atoms with Crippen LogP contribution in [0.2, 0.25) is 0 Å². The maximum absolute atomic E-state index is 16.0. The lowest BCUT2D eigenvalue weighted by Gasteiger charge is -2.39. The summed E-state index contributed by atoms with van der Waals surface area (Å²) >= 11 is 1.94. The Morgan fingerprint density at radius 3 is 2.55 bits per heavy atom. The third-order valence-corrected chi connectivity index (χ3v) is 10.9. The largest absolute Gasteiger partial charge is 0.363 e. The van der Waals surface area contributed by atoms with Gasteiger partial charge in [0.2, 0.25) is 0 Å². The molecule has 0 amide bonds.